The molecule has 14 heavy (non-hydrogen) atoms. The predicted octanol–water partition coefficient (Wildman–Crippen LogP) is 2.40. The van der Waals surface area contributed by atoms with Crippen LogP contribution in [0.1, 0.15) is 12.5 Å². The zero-order chi connectivity index (χ0) is 10.2. The summed E-state index contributed by atoms with van der Waals surface area (Å²) in [4.78, 5) is 11.0. The number of carbonyl (C=O) groups excluding carboxylic acids is 1. The number of rotatable bonds is 1. The van der Waals surface area contributed by atoms with Crippen LogP contribution in [0, 0.1) is 0 Å². The maximum absolute atomic E-state index is 11.0. The van der Waals surface area contributed by atoms with E-state index in [1.807, 2.05) is 31.2 Å². The fourth-order valence-corrected chi connectivity index (χ4v) is 1.75. The molecule has 4 heteroatoms. The van der Waals surface area contributed by atoms with Crippen molar-refractivity contribution < 1.29 is 9.53 Å². The Morgan fingerprint density at radius 1 is 1.43 bits per heavy atom. The molecule has 1 N–H and O–H groups in total. The first kappa shape index (κ1) is 9.52. The summed E-state index contributed by atoms with van der Waals surface area (Å²) in [5.41, 5.74) is 0.469. The van der Waals surface area contributed by atoms with Crippen molar-refractivity contribution in [2.24, 2.45) is 0 Å². The molecule has 1 fully saturated rings. The molecule has 1 saturated heterocycles. The van der Waals surface area contributed by atoms with Crippen LogP contribution in [-0.4, -0.2) is 12.6 Å². The number of hydrogen-bond acceptors (Lipinski definition) is 2. The largest absolute Gasteiger partial charge is 0.436 e. The normalized spacial score (nSPS) is 25.7. The lowest BCUT2D eigenvalue weighted by Gasteiger charge is -2.21. The Bertz CT molecular complexity index is 363. The Morgan fingerprint density at radius 3 is 2.57 bits per heavy atom. The van der Waals surface area contributed by atoms with Gasteiger partial charge in [-0.1, -0.05) is 28.1 Å². The number of carbonyl (C=O) groups is 1. The van der Waals surface area contributed by atoms with Crippen LogP contribution in [0.3, 0.4) is 0 Å². The highest BCUT2D eigenvalue weighted by atomic mass is 79.9. The van der Waals surface area contributed by atoms with Gasteiger partial charge in [0.15, 0.2) is 5.60 Å². The maximum Gasteiger partial charge on any atom is 0.408 e. The van der Waals surface area contributed by atoms with Gasteiger partial charge in [0.05, 0.1) is 6.54 Å². The van der Waals surface area contributed by atoms with Crippen molar-refractivity contribution in [1.29, 1.82) is 0 Å². The lowest BCUT2D eigenvalue weighted by molar-refractivity contribution is 0.0704. The third-order valence-electron chi connectivity index (χ3n) is 2.34. The second-order valence-electron chi connectivity index (χ2n) is 3.48. The quantitative estimate of drug-likeness (QED) is 0.837. The first-order valence-corrected chi connectivity index (χ1v) is 5.12. The Labute approximate surface area is 90.6 Å². The highest BCUT2D eigenvalue weighted by Gasteiger charge is 2.37. The molecule has 1 amide bonds. The van der Waals surface area contributed by atoms with E-state index in [0.29, 0.717) is 6.54 Å². The molecule has 1 unspecified atom stereocenters. The lowest BCUT2D eigenvalue weighted by Crippen LogP contribution is -2.26. The topological polar surface area (TPSA) is 38.3 Å². The zero-order valence-electron chi connectivity index (χ0n) is 7.71. The van der Waals surface area contributed by atoms with E-state index >= 15 is 0 Å². The first-order valence-electron chi connectivity index (χ1n) is 4.33. The van der Waals surface area contributed by atoms with Gasteiger partial charge in [-0.15, -0.1) is 0 Å². The van der Waals surface area contributed by atoms with Gasteiger partial charge in [0.1, 0.15) is 0 Å². The Balaban J connectivity index is 2.30. The van der Waals surface area contributed by atoms with Crippen molar-refractivity contribution in [3.8, 4) is 0 Å². The SMILES string of the molecule is CC1(c2ccc(Br)cc2)CNC(=O)O1. The summed E-state index contributed by atoms with van der Waals surface area (Å²) in [7, 11) is 0. The molecule has 1 heterocycles. The van der Waals surface area contributed by atoms with Gasteiger partial charge < -0.3 is 10.1 Å². The number of hydrogen-bond donors (Lipinski definition) is 1. The van der Waals surface area contributed by atoms with Crippen LogP contribution in [0.4, 0.5) is 4.79 Å². The molecule has 1 aliphatic heterocycles. The van der Waals surface area contributed by atoms with Gasteiger partial charge in [-0.2, -0.15) is 0 Å². The van der Waals surface area contributed by atoms with E-state index in [1.54, 1.807) is 0 Å². The first-order chi connectivity index (χ1) is 6.60. The fourth-order valence-electron chi connectivity index (χ4n) is 1.48. The average molecular weight is 256 g/mol. The minimum Gasteiger partial charge on any atom is -0.436 e. The summed E-state index contributed by atoms with van der Waals surface area (Å²) in [6.07, 6.45) is -0.351. The van der Waals surface area contributed by atoms with Crippen LogP contribution in [0.5, 0.6) is 0 Å². The summed E-state index contributed by atoms with van der Waals surface area (Å²) in [6, 6.07) is 7.77. The number of amides is 1. The maximum atomic E-state index is 11.0. The summed E-state index contributed by atoms with van der Waals surface area (Å²) < 4.78 is 6.23. The van der Waals surface area contributed by atoms with E-state index in [4.69, 9.17) is 4.74 Å². The van der Waals surface area contributed by atoms with Gasteiger partial charge in [-0.25, -0.2) is 4.79 Å². The summed E-state index contributed by atoms with van der Waals surface area (Å²) in [6.45, 7) is 2.42. The van der Waals surface area contributed by atoms with Gasteiger partial charge in [0.2, 0.25) is 0 Å². The zero-order valence-corrected chi connectivity index (χ0v) is 9.30. The molecule has 0 bridgehead atoms. The molecule has 3 nitrogen and oxygen atoms in total. The van der Waals surface area contributed by atoms with Crippen molar-refractivity contribution in [3.05, 3.63) is 34.3 Å². The number of halogens is 1. The van der Waals surface area contributed by atoms with Crippen LogP contribution in [-0.2, 0) is 10.3 Å². The van der Waals surface area contributed by atoms with Gasteiger partial charge in [0.25, 0.3) is 0 Å². The van der Waals surface area contributed by atoms with Crippen molar-refractivity contribution in [3.63, 3.8) is 0 Å². The van der Waals surface area contributed by atoms with Crippen molar-refractivity contribution in [2.45, 2.75) is 12.5 Å². The van der Waals surface area contributed by atoms with E-state index in [2.05, 4.69) is 21.2 Å². The van der Waals surface area contributed by atoms with E-state index in [0.717, 1.165) is 10.0 Å². The van der Waals surface area contributed by atoms with Crippen molar-refractivity contribution in [2.75, 3.05) is 6.54 Å². The van der Waals surface area contributed by atoms with E-state index in [-0.39, 0.29) is 6.09 Å². The standard InChI is InChI=1S/C10H10BrNO2/c1-10(6-12-9(13)14-10)7-2-4-8(11)5-3-7/h2-5H,6H2,1H3,(H,12,13). The molecule has 0 aliphatic carbocycles. The Hall–Kier alpha value is -1.03. The van der Waals surface area contributed by atoms with Crippen LogP contribution in [0.2, 0.25) is 0 Å². The molecule has 2 rings (SSSR count). The van der Waals surface area contributed by atoms with Crippen LogP contribution in [0.15, 0.2) is 28.7 Å². The van der Waals surface area contributed by atoms with Gasteiger partial charge in [-0.3, -0.25) is 0 Å². The molecule has 1 aliphatic rings. The molecule has 0 radical (unpaired) electrons. The van der Waals surface area contributed by atoms with E-state index < -0.39 is 5.60 Å². The summed E-state index contributed by atoms with van der Waals surface area (Å²) in [5, 5.41) is 2.65. The lowest BCUT2D eigenvalue weighted by atomic mass is 9.97. The number of alkyl carbamates (subject to hydrolysis) is 1. The molecule has 74 valence electrons. The molecular weight excluding hydrogens is 246 g/mol. The molecule has 1 aromatic carbocycles. The highest BCUT2D eigenvalue weighted by Crippen LogP contribution is 2.29. The minimum atomic E-state index is -0.530. The van der Waals surface area contributed by atoms with E-state index in [9.17, 15) is 4.79 Å². The van der Waals surface area contributed by atoms with Gasteiger partial charge in [0, 0.05) is 4.47 Å². The van der Waals surface area contributed by atoms with Gasteiger partial charge >= 0.3 is 6.09 Å². The number of benzene rings is 1. The minimum absolute atomic E-state index is 0.351. The van der Waals surface area contributed by atoms with Crippen LogP contribution < -0.4 is 5.32 Å². The third-order valence-corrected chi connectivity index (χ3v) is 2.87. The predicted molar refractivity (Wildman–Crippen MR) is 56.0 cm³/mol. The molecule has 0 spiro atoms. The number of cyclic esters (lactones) is 1. The van der Waals surface area contributed by atoms with Crippen LogP contribution >= 0.6 is 15.9 Å². The summed E-state index contributed by atoms with van der Waals surface area (Å²) in [5.74, 6) is 0. The van der Waals surface area contributed by atoms with Crippen molar-refractivity contribution in [1.82, 2.24) is 5.32 Å². The molecule has 0 saturated carbocycles. The molecule has 1 aromatic rings. The Kier molecular flexibility index (Phi) is 2.23. The number of ether oxygens (including phenoxy) is 1. The molecule has 1 atom stereocenters. The summed E-state index contributed by atoms with van der Waals surface area (Å²) >= 11 is 3.36. The molecular formula is C10H10BrNO2. The number of nitrogens with one attached hydrogen (secondary N) is 1. The second-order valence-corrected chi connectivity index (χ2v) is 4.40. The monoisotopic (exact) mass is 255 g/mol. The smallest absolute Gasteiger partial charge is 0.408 e. The van der Waals surface area contributed by atoms with E-state index in [1.165, 1.54) is 0 Å². The van der Waals surface area contributed by atoms with Crippen LogP contribution in [0.25, 0.3) is 0 Å². The second kappa shape index (κ2) is 3.28. The fraction of sp³-hybridized carbons (Fsp3) is 0.300. The molecule has 0 aromatic heterocycles. The van der Waals surface area contributed by atoms with Gasteiger partial charge in [-0.05, 0) is 24.6 Å². The Morgan fingerprint density at radius 2 is 2.07 bits per heavy atom. The van der Waals surface area contributed by atoms with Crippen molar-refractivity contribution >= 4 is 22.0 Å². The third kappa shape index (κ3) is 1.62. The highest BCUT2D eigenvalue weighted by molar-refractivity contribution is 9.10. The average Bonchev–Trinajstić information content (AvgIpc) is 2.48.